The number of hydrogen-bond donors (Lipinski definition) is 0. The highest BCUT2D eigenvalue weighted by atomic mass is 16.5. The van der Waals surface area contributed by atoms with Crippen LogP contribution in [0.15, 0.2) is 35.9 Å². The number of unbranched alkanes of at least 4 members (excludes halogenated alkanes) is 2. The van der Waals surface area contributed by atoms with Crippen molar-refractivity contribution in [1.82, 2.24) is 0 Å². The molecule has 0 amide bonds. The molecular weight excluding hydrogens is 236 g/mol. The Bertz CT molecular complexity index is 407. The molecule has 0 spiro atoms. The average Bonchev–Trinajstić information content (AvgIpc) is 2.44. The Kier molecular flexibility index (Phi) is 7.64. The minimum Gasteiger partial charge on any atom is -0.493 e. The van der Waals surface area contributed by atoms with Gasteiger partial charge in [0.05, 0.1) is 12.2 Å². The molecule has 2 nitrogen and oxygen atoms in total. The fourth-order valence-corrected chi connectivity index (χ4v) is 1.94. The number of carbonyl (C=O) groups excluding carboxylic acids is 1. The predicted molar refractivity (Wildman–Crippen MR) is 79.8 cm³/mol. The number of benzene rings is 1. The molecular formula is C17H24O2. The molecule has 1 aromatic rings. The lowest BCUT2D eigenvalue weighted by Crippen LogP contribution is -1.98. The third-order valence-corrected chi connectivity index (χ3v) is 3.09. The van der Waals surface area contributed by atoms with Gasteiger partial charge in [0.2, 0.25) is 0 Å². The van der Waals surface area contributed by atoms with Gasteiger partial charge in [0.15, 0.2) is 6.29 Å². The highest BCUT2D eigenvalue weighted by Crippen LogP contribution is 2.16. The van der Waals surface area contributed by atoms with E-state index in [2.05, 4.69) is 19.9 Å². The van der Waals surface area contributed by atoms with Gasteiger partial charge in [0.1, 0.15) is 5.75 Å². The zero-order chi connectivity index (χ0) is 13.9. The number of carbonyl (C=O) groups is 1. The van der Waals surface area contributed by atoms with E-state index in [1.807, 2.05) is 18.2 Å². The molecule has 0 radical (unpaired) electrons. The molecule has 0 N–H and O–H groups in total. The van der Waals surface area contributed by atoms with Gasteiger partial charge in [-0.05, 0) is 38.3 Å². The van der Waals surface area contributed by atoms with Gasteiger partial charge >= 0.3 is 0 Å². The molecule has 0 aromatic heterocycles. The first-order valence-electron chi connectivity index (χ1n) is 7.10. The third-order valence-electron chi connectivity index (χ3n) is 3.09. The average molecular weight is 260 g/mol. The van der Waals surface area contributed by atoms with Gasteiger partial charge in [0.25, 0.3) is 0 Å². The summed E-state index contributed by atoms with van der Waals surface area (Å²) in [7, 11) is 0. The van der Waals surface area contributed by atoms with E-state index >= 15 is 0 Å². The second-order valence-electron chi connectivity index (χ2n) is 4.80. The molecule has 0 saturated heterocycles. The van der Waals surface area contributed by atoms with Crippen molar-refractivity contribution in [3.05, 3.63) is 41.5 Å². The summed E-state index contributed by atoms with van der Waals surface area (Å²) in [6, 6.07) is 7.33. The van der Waals surface area contributed by atoms with Crippen LogP contribution in [0.3, 0.4) is 0 Å². The first-order valence-corrected chi connectivity index (χ1v) is 7.10. The lowest BCUT2D eigenvalue weighted by Gasteiger charge is -2.07. The van der Waals surface area contributed by atoms with E-state index in [1.165, 1.54) is 31.3 Å². The summed E-state index contributed by atoms with van der Waals surface area (Å²) in [5.74, 6) is 0.675. The van der Waals surface area contributed by atoms with E-state index in [-0.39, 0.29) is 0 Å². The van der Waals surface area contributed by atoms with Crippen LogP contribution in [0.25, 0.3) is 0 Å². The van der Waals surface area contributed by atoms with Crippen LogP contribution in [-0.2, 0) is 0 Å². The zero-order valence-corrected chi connectivity index (χ0v) is 12.0. The number of para-hydroxylation sites is 1. The monoisotopic (exact) mass is 260 g/mol. The Hall–Kier alpha value is -1.57. The van der Waals surface area contributed by atoms with Crippen LogP contribution in [0.2, 0.25) is 0 Å². The van der Waals surface area contributed by atoms with Crippen molar-refractivity contribution >= 4 is 6.29 Å². The van der Waals surface area contributed by atoms with Gasteiger partial charge in [-0.2, -0.15) is 0 Å². The van der Waals surface area contributed by atoms with Crippen molar-refractivity contribution in [2.45, 2.75) is 46.0 Å². The molecule has 0 unspecified atom stereocenters. The van der Waals surface area contributed by atoms with Gasteiger partial charge in [-0.3, -0.25) is 4.79 Å². The lowest BCUT2D eigenvalue weighted by atomic mass is 10.1. The van der Waals surface area contributed by atoms with Gasteiger partial charge < -0.3 is 4.74 Å². The van der Waals surface area contributed by atoms with E-state index in [4.69, 9.17) is 4.74 Å². The molecule has 0 aliphatic heterocycles. The Morgan fingerprint density at radius 3 is 2.79 bits per heavy atom. The van der Waals surface area contributed by atoms with Crippen LogP contribution < -0.4 is 4.74 Å². The summed E-state index contributed by atoms with van der Waals surface area (Å²) >= 11 is 0. The van der Waals surface area contributed by atoms with E-state index < -0.39 is 0 Å². The van der Waals surface area contributed by atoms with Crippen molar-refractivity contribution < 1.29 is 9.53 Å². The van der Waals surface area contributed by atoms with Gasteiger partial charge in [0, 0.05) is 0 Å². The van der Waals surface area contributed by atoms with Gasteiger partial charge in [-0.25, -0.2) is 0 Å². The van der Waals surface area contributed by atoms with Crippen molar-refractivity contribution in [1.29, 1.82) is 0 Å². The maximum absolute atomic E-state index is 10.8. The second-order valence-corrected chi connectivity index (χ2v) is 4.80. The summed E-state index contributed by atoms with van der Waals surface area (Å²) < 4.78 is 5.63. The van der Waals surface area contributed by atoms with E-state index in [9.17, 15) is 4.79 Å². The summed E-state index contributed by atoms with van der Waals surface area (Å²) in [5.41, 5.74) is 2.05. The summed E-state index contributed by atoms with van der Waals surface area (Å²) in [5, 5.41) is 0. The first kappa shape index (κ1) is 15.5. The third kappa shape index (κ3) is 6.23. The van der Waals surface area contributed by atoms with Crippen molar-refractivity contribution in [3.8, 4) is 5.75 Å². The van der Waals surface area contributed by atoms with Crippen molar-refractivity contribution in [2.75, 3.05) is 6.61 Å². The summed E-state index contributed by atoms with van der Waals surface area (Å²) in [4.78, 5) is 10.8. The Labute approximate surface area is 116 Å². The maximum Gasteiger partial charge on any atom is 0.153 e. The molecule has 2 heteroatoms. The molecule has 104 valence electrons. The molecule has 0 fully saturated rings. The van der Waals surface area contributed by atoms with Crippen LogP contribution in [0, 0.1) is 0 Å². The van der Waals surface area contributed by atoms with Gasteiger partial charge in [-0.15, -0.1) is 0 Å². The minimum atomic E-state index is 0.617. The Balaban J connectivity index is 2.30. The lowest BCUT2D eigenvalue weighted by molar-refractivity contribution is 0.111. The minimum absolute atomic E-state index is 0.617. The Morgan fingerprint density at radius 2 is 2.05 bits per heavy atom. The van der Waals surface area contributed by atoms with Crippen molar-refractivity contribution in [2.24, 2.45) is 0 Å². The number of hydrogen-bond acceptors (Lipinski definition) is 2. The standard InChI is InChI=1S/C17H24O2/c1-3-4-5-9-15(2)10-8-13-19-17-12-7-6-11-16(17)14-18/h6-7,10-12,14H,3-5,8-9,13H2,1-2H3. The van der Waals surface area contributed by atoms with Crippen LogP contribution in [0.1, 0.15) is 56.3 Å². The summed E-state index contributed by atoms with van der Waals surface area (Å²) in [6.45, 7) is 5.02. The SMILES string of the molecule is CCCCCC(C)=CCCOc1ccccc1C=O. The predicted octanol–water partition coefficient (Wildman–Crippen LogP) is 4.79. The molecule has 1 aromatic carbocycles. The fourth-order valence-electron chi connectivity index (χ4n) is 1.94. The van der Waals surface area contributed by atoms with E-state index in [0.717, 1.165) is 12.7 Å². The second kappa shape index (κ2) is 9.37. The van der Waals surface area contributed by atoms with Crippen LogP contribution >= 0.6 is 0 Å². The quantitative estimate of drug-likeness (QED) is 0.362. The zero-order valence-electron chi connectivity index (χ0n) is 12.0. The molecule has 0 aliphatic rings. The number of aldehydes is 1. The number of ether oxygens (including phenoxy) is 1. The van der Waals surface area contributed by atoms with Gasteiger partial charge in [-0.1, -0.05) is 43.5 Å². The number of allylic oxidation sites excluding steroid dienone is 1. The smallest absolute Gasteiger partial charge is 0.153 e. The maximum atomic E-state index is 10.8. The molecule has 0 atom stereocenters. The number of rotatable bonds is 9. The highest BCUT2D eigenvalue weighted by molar-refractivity contribution is 5.79. The molecule has 0 aliphatic carbocycles. The van der Waals surface area contributed by atoms with Crippen LogP contribution in [0.4, 0.5) is 0 Å². The summed E-state index contributed by atoms with van der Waals surface area (Å²) in [6.07, 6.45) is 8.98. The fraction of sp³-hybridized carbons (Fsp3) is 0.471. The molecule has 0 bridgehead atoms. The van der Waals surface area contributed by atoms with Crippen LogP contribution in [0.5, 0.6) is 5.75 Å². The Morgan fingerprint density at radius 1 is 1.26 bits per heavy atom. The topological polar surface area (TPSA) is 26.3 Å². The van der Waals surface area contributed by atoms with E-state index in [1.54, 1.807) is 6.07 Å². The van der Waals surface area contributed by atoms with E-state index in [0.29, 0.717) is 17.9 Å². The first-order chi connectivity index (χ1) is 9.27. The molecule has 19 heavy (non-hydrogen) atoms. The molecule has 0 saturated carbocycles. The highest BCUT2D eigenvalue weighted by Gasteiger charge is 2.00. The molecule has 1 rings (SSSR count). The normalized spacial score (nSPS) is 11.4. The van der Waals surface area contributed by atoms with Crippen molar-refractivity contribution in [3.63, 3.8) is 0 Å². The van der Waals surface area contributed by atoms with Crippen LogP contribution in [-0.4, -0.2) is 12.9 Å². The largest absolute Gasteiger partial charge is 0.493 e. The molecule has 0 heterocycles.